The number of ether oxygens (including phenoxy) is 1. The maximum Gasteiger partial charge on any atom is 0.255 e. The number of hydrogen-bond acceptors (Lipinski definition) is 4. The molecule has 0 spiro atoms. The van der Waals surface area contributed by atoms with Gasteiger partial charge in [0, 0.05) is 19.0 Å². The summed E-state index contributed by atoms with van der Waals surface area (Å²) in [6.07, 6.45) is 1.94. The molecule has 1 aliphatic rings. The summed E-state index contributed by atoms with van der Waals surface area (Å²) in [7, 11) is 0. The van der Waals surface area contributed by atoms with Crippen LogP contribution in [0.25, 0.3) is 0 Å². The van der Waals surface area contributed by atoms with Gasteiger partial charge in [-0.25, -0.2) is 0 Å². The largest absolute Gasteiger partial charge is 0.491 e. The van der Waals surface area contributed by atoms with E-state index in [-0.39, 0.29) is 17.7 Å². The Hall–Kier alpha value is -2.24. The molecule has 0 saturated heterocycles. The van der Waals surface area contributed by atoms with Crippen LogP contribution in [0.1, 0.15) is 30.1 Å². The van der Waals surface area contributed by atoms with Gasteiger partial charge in [-0.3, -0.25) is 9.59 Å². The van der Waals surface area contributed by atoms with Crippen LogP contribution in [-0.2, 0) is 4.79 Å². The van der Waals surface area contributed by atoms with E-state index in [1.54, 1.807) is 18.2 Å². The lowest BCUT2D eigenvalue weighted by Gasteiger charge is -2.12. The normalized spacial score (nSPS) is 13.6. The second-order valence-electron chi connectivity index (χ2n) is 4.98. The fourth-order valence-electron chi connectivity index (χ4n) is 1.99. The van der Waals surface area contributed by atoms with E-state index >= 15 is 0 Å². The summed E-state index contributed by atoms with van der Waals surface area (Å²) >= 11 is 0. The summed E-state index contributed by atoms with van der Waals surface area (Å²) in [5.41, 5.74) is 6.66. The van der Waals surface area contributed by atoms with Crippen molar-refractivity contribution in [3.05, 3.63) is 23.8 Å². The molecule has 114 valence electrons. The van der Waals surface area contributed by atoms with Crippen LogP contribution in [-0.4, -0.2) is 31.5 Å². The number of nitrogens with one attached hydrogen (secondary N) is 2. The van der Waals surface area contributed by atoms with Gasteiger partial charge in [0.2, 0.25) is 5.91 Å². The Kier molecular flexibility index (Phi) is 5.03. The number of carbonyl (C=O) groups is 2. The van der Waals surface area contributed by atoms with Crippen molar-refractivity contribution in [2.24, 2.45) is 5.92 Å². The number of amides is 2. The van der Waals surface area contributed by atoms with Crippen molar-refractivity contribution in [2.45, 2.75) is 19.8 Å². The second kappa shape index (κ2) is 6.97. The third-order valence-corrected chi connectivity index (χ3v) is 3.24. The molecule has 0 aromatic heterocycles. The minimum Gasteiger partial charge on any atom is -0.491 e. The Morgan fingerprint density at radius 2 is 2.00 bits per heavy atom. The van der Waals surface area contributed by atoms with Crippen LogP contribution in [0.2, 0.25) is 0 Å². The summed E-state index contributed by atoms with van der Waals surface area (Å²) in [5, 5.41) is 5.54. The maximum atomic E-state index is 12.1. The highest BCUT2D eigenvalue weighted by Gasteiger charge is 2.29. The molecule has 0 atom stereocenters. The van der Waals surface area contributed by atoms with E-state index in [0.29, 0.717) is 36.7 Å². The van der Waals surface area contributed by atoms with Crippen LogP contribution in [0.5, 0.6) is 5.75 Å². The molecular weight excluding hydrogens is 270 g/mol. The SMILES string of the molecule is CCOc1c(N)cccc1C(=O)NCCNC(=O)C1CC1. The monoisotopic (exact) mass is 291 g/mol. The lowest BCUT2D eigenvalue weighted by Crippen LogP contribution is -2.35. The van der Waals surface area contributed by atoms with E-state index in [0.717, 1.165) is 12.8 Å². The van der Waals surface area contributed by atoms with E-state index < -0.39 is 0 Å². The standard InChI is InChI=1S/C15H21N3O3/c1-2-21-13-11(4-3-5-12(13)16)15(20)18-9-8-17-14(19)10-6-7-10/h3-5,10H,2,6-9,16H2,1H3,(H,17,19)(H,18,20). The molecule has 0 radical (unpaired) electrons. The first-order chi connectivity index (χ1) is 10.1. The number of anilines is 1. The van der Waals surface area contributed by atoms with Gasteiger partial charge in [-0.15, -0.1) is 0 Å². The molecule has 1 saturated carbocycles. The predicted octanol–water partition coefficient (Wildman–Crippen LogP) is 0.923. The number of carbonyl (C=O) groups excluding carboxylic acids is 2. The summed E-state index contributed by atoms with van der Waals surface area (Å²) in [4.78, 5) is 23.6. The Morgan fingerprint density at radius 3 is 2.67 bits per heavy atom. The van der Waals surface area contributed by atoms with Crippen molar-refractivity contribution in [2.75, 3.05) is 25.4 Å². The van der Waals surface area contributed by atoms with Crippen LogP contribution in [0.4, 0.5) is 5.69 Å². The number of nitrogens with two attached hydrogens (primary N) is 1. The Morgan fingerprint density at radius 1 is 1.29 bits per heavy atom. The zero-order valence-corrected chi connectivity index (χ0v) is 12.1. The van der Waals surface area contributed by atoms with E-state index in [2.05, 4.69) is 10.6 Å². The smallest absolute Gasteiger partial charge is 0.255 e. The van der Waals surface area contributed by atoms with Gasteiger partial charge in [-0.05, 0) is 31.9 Å². The van der Waals surface area contributed by atoms with Crippen molar-refractivity contribution in [1.82, 2.24) is 10.6 Å². The number of hydrogen-bond donors (Lipinski definition) is 3. The Labute approximate surface area is 124 Å². The first-order valence-electron chi connectivity index (χ1n) is 7.20. The summed E-state index contributed by atoms with van der Waals surface area (Å²) in [6, 6.07) is 5.07. The van der Waals surface area contributed by atoms with Crippen molar-refractivity contribution >= 4 is 17.5 Å². The quantitative estimate of drug-likeness (QED) is 0.514. The molecule has 6 nitrogen and oxygen atoms in total. The van der Waals surface area contributed by atoms with Gasteiger partial charge in [0.1, 0.15) is 0 Å². The van der Waals surface area contributed by atoms with E-state index in [9.17, 15) is 9.59 Å². The van der Waals surface area contributed by atoms with Crippen LogP contribution < -0.4 is 21.1 Å². The molecule has 2 rings (SSSR count). The summed E-state index contributed by atoms with van der Waals surface area (Å²) < 4.78 is 5.42. The minimum atomic E-state index is -0.258. The number of benzene rings is 1. The summed E-state index contributed by atoms with van der Waals surface area (Å²) in [6.45, 7) is 3.07. The minimum absolute atomic E-state index is 0.0724. The molecule has 0 bridgehead atoms. The second-order valence-corrected chi connectivity index (χ2v) is 4.98. The number of nitrogen functional groups attached to an aromatic ring is 1. The van der Waals surface area contributed by atoms with Gasteiger partial charge in [-0.2, -0.15) is 0 Å². The third-order valence-electron chi connectivity index (χ3n) is 3.24. The van der Waals surface area contributed by atoms with Crippen LogP contribution in [0.15, 0.2) is 18.2 Å². The van der Waals surface area contributed by atoms with Gasteiger partial charge in [-0.1, -0.05) is 6.07 Å². The molecular formula is C15H21N3O3. The van der Waals surface area contributed by atoms with E-state index in [4.69, 9.17) is 10.5 Å². The highest BCUT2D eigenvalue weighted by atomic mass is 16.5. The molecule has 1 fully saturated rings. The van der Waals surface area contributed by atoms with Gasteiger partial charge in [0.15, 0.2) is 5.75 Å². The molecule has 6 heteroatoms. The average Bonchev–Trinajstić information content (AvgIpc) is 3.30. The fraction of sp³-hybridized carbons (Fsp3) is 0.467. The highest BCUT2D eigenvalue weighted by molar-refractivity contribution is 5.98. The van der Waals surface area contributed by atoms with Crippen LogP contribution >= 0.6 is 0 Å². The van der Waals surface area contributed by atoms with Gasteiger partial charge < -0.3 is 21.1 Å². The zero-order valence-electron chi connectivity index (χ0n) is 12.1. The summed E-state index contributed by atoms with van der Waals surface area (Å²) in [5.74, 6) is 0.397. The van der Waals surface area contributed by atoms with Crippen LogP contribution in [0, 0.1) is 5.92 Å². The van der Waals surface area contributed by atoms with Crippen molar-refractivity contribution in [3.63, 3.8) is 0 Å². The molecule has 4 N–H and O–H groups in total. The third kappa shape index (κ3) is 4.11. The Bertz CT molecular complexity index is 527. The molecule has 21 heavy (non-hydrogen) atoms. The predicted molar refractivity (Wildman–Crippen MR) is 80.1 cm³/mol. The van der Waals surface area contributed by atoms with Gasteiger partial charge >= 0.3 is 0 Å². The molecule has 0 heterocycles. The lowest BCUT2D eigenvalue weighted by atomic mass is 10.1. The fourth-order valence-corrected chi connectivity index (χ4v) is 1.99. The highest BCUT2D eigenvalue weighted by Crippen LogP contribution is 2.28. The van der Waals surface area contributed by atoms with E-state index in [1.165, 1.54) is 0 Å². The van der Waals surface area contributed by atoms with Gasteiger partial charge in [0.05, 0.1) is 17.9 Å². The number of para-hydroxylation sites is 1. The van der Waals surface area contributed by atoms with Crippen LogP contribution in [0.3, 0.4) is 0 Å². The Balaban J connectivity index is 1.84. The molecule has 1 aliphatic carbocycles. The molecule has 0 aliphatic heterocycles. The maximum absolute atomic E-state index is 12.1. The zero-order chi connectivity index (χ0) is 15.2. The average molecular weight is 291 g/mol. The van der Waals surface area contributed by atoms with Crippen molar-refractivity contribution in [1.29, 1.82) is 0 Å². The first-order valence-corrected chi connectivity index (χ1v) is 7.20. The van der Waals surface area contributed by atoms with Crippen molar-refractivity contribution < 1.29 is 14.3 Å². The lowest BCUT2D eigenvalue weighted by molar-refractivity contribution is -0.122. The van der Waals surface area contributed by atoms with Crippen molar-refractivity contribution in [3.8, 4) is 5.75 Å². The molecule has 2 amide bonds. The van der Waals surface area contributed by atoms with E-state index in [1.807, 2.05) is 6.92 Å². The van der Waals surface area contributed by atoms with Gasteiger partial charge in [0.25, 0.3) is 5.91 Å². The molecule has 0 unspecified atom stereocenters. The first kappa shape index (κ1) is 15.2. The molecule has 1 aromatic carbocycles. The molecule has 1 aromatic rings. The number of rotatable bonds is 7. The topological polar surface area (TPSA) is 93.4 Å².